The molecule has 0 amide bonds. The molecule has 0 spiro atoms. The van der Waals surface area contributed by atoms with Crippen molar-refractivity contribution in [2.24, 2.45) is 5.73 Å². The number of esters is 1. The first-order chi connectivity index (χ1) is 6.72. The highest BCUT2D eigenvalue weighted by molar-refractivity contribution is 5.75. The van der Waals surface area contributed by atoms with E-state index in [9.17, 15) is 4.79 Å². The Labute approximate surface area is 87.0 Å². The van der Waals surface area contributed by atoms with E-state index in [1.165, 1.54) is 39.2 Å². The number of nitrogens with two attached hydrogens (primary N) is 1. The van der Waals surface area contributed by atoms with Crippen LogP contribution in [0.5, 0.6) is 0 Å². The lowest BCUT2D eigenvalue weighted by molar-refractivity contribution is -0.142. The van der Waals surface area contributed by atoms with Crippen molar-refractivity contribution < 1.29 is 9.53 Å². The van der Waals surface area contributed by atoms with Crippen molar-refractivity contribution in [2.45, 2.75) is 57.9 Å². The Bertz CT molecular complexity index is 148. The first-order valence-electron chi connectivity index (χ1n) is 5.55. The standard InChI is InChI=1S/C11H23NO2/c1-3-4-5-6-7-8-9-10(12)11(13)14-2/h10H,3-9,12H2,1-2H3/t10-/m1/s1. The summed E-state index contributed by atoms with van der Waals surface area (Å²) in [5.74, 6) is -0.293. The van der Waals surface area contributed by atoms with Crippen LogP contribution in [0.4, 0.5) is 0 Å². The van der Waals surface area contributed by atoms with E-state index in [1.54, 1.807) is 0 Å². The lowest BCUT2D eigenvalue weighted by Crippen LogP contribution is -2.31. The Balaban J connectivity index is 3.23. The Morgan fingerprint density at radius 1 is 1.21 bits per heavy atom. The number of carbonyl (C=O) groups excluding carboxylic acids is 1. The summed E-state index contributed by atoms with van der Waals surface area (Å²) < 4.78 is 4.54. The van der Waals surface area contributed by atoms with Gasteiger partial charge in [-0.05, 0) is 6.42 Å². The Hall–Kier alpha value is -0.570. The minimum absolute atomic E-state index is 0.293. The molecule has 0 rings (SSSR count). The molecule has 1 atom stereocenters. The molecule has 3 nitrogen and oxygen atoms in total. The Kier molecular flexibility index (Phi) is 8.64. The molecule has 0 aliphatic rings. The van der Waals surface area contributed by atoms with Gasteiger partial charge in [-0.1, -0.05) is 45.4 Å². The van der Waals surface area contributed by atoms with Gasteiger partial charge in [0.1, 0.15) is 6.04 Å². The largest absolute Gasteiger partial charge is 0.468 e. The van der Waals surface area contributed by atoms with Gasteiger partial charge in [0.25, 0.3) is 0 Å². The third-order valence-corrected chi connectivity index (χ3v) is 2.37. The zero-order valence-electron chi connectivity index (χ0n) is 9.42. The zero-order valence-corrected chi connectivity index (χ0v) is 9.42. The third kappa shape index (κ3) is 6.89. The smallest absolute Gasteiger partial charge is 0.322 e. The minimum atomic E-state index is -0.425. The molecule has 0 unspecified atom stereocenters. The van der Waals surface area contributed by atoms with E-state index in [-0.39, 0.29) is 5.97 Å². The highest BCUT2D eigenvalue weighted by Crippen LogP contribution is 2.08. The molecule has 0 fully saturated rings. The molecule has 3 heteroatoms. The highest BCUT2D eigenvalue weighted by Gasteiger charge is 2.11. The summed E-state index contributed by atoms with van der Waals surface area (Å²) in [7, 11) is 1.38. The number of ether oxygens (including phenoxy) is 1. The van der Waals surface area contributed by atoms with Crippen molar-refractivity contribution in [2.75, 3.05) is 7.11 Å². The molecule has 2 N–H and O–H groups in total. The fraction of sp³-hybridized carbons (Fsp3) is 0.909. The molecule has 0 bridgehead atoms. The van der Waals surface area contributed by atoms with Gasteiger partial charge in [-0.2, -0.15) is 0 Å². The van der Waals surface area contributed by atoms with E-state index in [4.69, 9.17) is 5.73 Å². The molecule has 0 heterocycles. The molecule has 14 heavy (non-hydrogen) atoms. The summed E-state index contributed by atoms with van der Waals surface area (Å²) in [5, 5.41) is 0. The van der Waals surface area contributed by atoms with Crippen molar-refractivity contribution in [1.82, 2.24) is 0 Å². The lowest BCUT2D eigenvalue weighted by Gasteiger charge is -2.08. The van der Waals surface area contributed by atoms with Gasteiger partial charge in [0, 0.05) is 0 Å². The predicted molar refractivity (Wildman–Crippen MR) is 58.0 cm³/mol. The Morgan fingerprint density at radius 2 is 1.79 bits per heavy atom. The second-order valence-electron chi connectivity index (χ2n) is 3.69. The first kappa shape index (κ1) is 13.4. The Morgan fingerprint density at radius 3 is 2.36 bits per heavy atom. The van der Waals surface area contributed by atoms with E-state index in [2.05, 4.69) is 11.7 Å². The van der Waals surface area contributed by atoms with Crippen molar-refractivity contribution in [3.63, 3.8) is 0 Å². The highest BCUT2D eigenvalue weighted by atomic mass is 16.5. The molecule has 0 aromatic heterocycles. The summed E-state index contributed by atoms with van der Waals surface area (Å²) in [6.45, 7) is 2.20. The average Bonchev–Trinajstić information content (AvgIpc) is 2.21. The molecule has 0 saturated heterocycles. The van der Waals surface area contributed by atoms with E-state index in [0.29, 0.717) is 0 Å². The summed E-state index contributed by atoms with van der Waals surface area (Å²) in [6, 6.07) is -0.425. The average molecular weight is 201 g/mol. The van der Waals surface area contributed by atoms with Crippen molar-refractivity contribution in [1.29, 1.82) is 0 Å². The van der Waals surface area contributed by atoms with Crippen molar-refractivity contribution in [3.8, 4) is 0 Å². The van der Waals surface area contributed by atoms with Crippen LogP contribution in [-0.4, -0.2) is 19.1 Å². The second kappa shape index (κ2) is 9.00. The topological polar surface area (TPSA) is 52.3 Å². The van der Waals surface area contributed by atoms with Gasteiger partial charge in [-0.3, -0.25) is 4.79 Å². The van der Waals surface area contributed by atoms with Gasteiger partial charge in [0.2, 0.25) is 0 Å². The quantitative estimate of drug-likeness (QED) is 0.484. The van der Waals surface area contributed by atoms with Crippen LogP contribution in [0.15, 0.2) is 0 Å². The molecular formula is C11H23NO2. The van der Waals surface area contributed by atoms with Crippen LogP contribution < -0.4 is 5.73 Å². The van der Waals surface area contributed by atoms with Gasteiger partial charge in [-0.25, -0.2) is 0 Å². The maximum atomic E-state index is 10.9. The van der Waals surface area contributed by atoms with E-state index in [1.807, 2.05) is 0 Å². The number of rotatable bonds is 8. The molecule has 0 aliphatic heterocycles. The normalized spacial score (nSPS) is 12.5. The molecule has 0 aliphatic carbocycles. The van der Waals surface area contributed by atoms with Crippen LogP contribution in [0.25, 0.3) is 0 Å². The van der Waals surface area contributed by atoms with Crippen molar-refractivity contribution in [3.05, 3.63) is 0 Å². The zero-order chi connectivity index (χ0) is 10.8. The first-order valence-corrected chi connectivity index (χ1v) is 5.55. The molecule has 0 saturated carbocycles. The predicted octanol–water partition coefficient (Wildman–Crippen LogP) is 2.24. The van der Waals surface area contributed by atoms with E-state index in [0.717, 1.165) is 12.8 Å². The van der Waals surface area contributed by atoms with E-state index < -0.39 is 6.04 Å². The van der Waals surface area contributed by atoms with Crippen LogP contribution in [0.1, 0.15) is 51.9 Å². The molecule has 0 aromatic carbocycles. The van der Waals surface area contributed by atoms with Gasteiger partial charge >= 0.3 is 5.97 Å². The summed E-state index contributed by atoms with van der Waals surface area (Å²) >= 11 is 0. The summed E-state index contributed by atoms with van der Waals surface area (Å²) in [4.78, 5) is 10.9. The third-order valence-electron chi connectivity index (χ3n) is 2.37. The summed E-state index contributed by atoms with van der Waals surface area (Å²) in [6.07, 6.45) is 8.07. The molecular weight excluding hydrogens is 178 g/mol. The van der Waals surface area contributed by atoms with Crippen molar-refractivity contribution >= 4 is 5.97 Å². The van der Waals surface area contributed by atoms with Crippen LogP contribution in [0.3, 0.4) is 0 Å². The van der Waals surface area contributed by atoms with Gasteiger partial charge in [0.15, 0.2) is 0 Å². The number of unbranched alkanes of at least 4 members (excludes halogenated alkanes) is 5. The van der Waals surface area contributed by atoms with Gasteiger partial charge in [-0.15, -0.1) is 0 Å². The molecule has 0 aromatic rings. The lowest BCUT2D eigenvalue weighted by atomic mass is 10.1. The molecule has 0 radical (unpaired) electrons. The number of methoxy groups -OCH3 is 1. The second-order valence-corrected chi connectivity index (χ2v) is 3.69. The fourth-order valence-electron chi connectivity index (χ4n) is 1.41. The SMILES string of the molecule is CCCCCCCC[C@@H](N)C(=O)OC. The minimum Gasteiger partial charge on any atom is -0.468 e. The van der Waals surface area contributed by atoms with Gasteiger partial charge in [0.05, 0.1) is 7.11 Å². The molecule has 84 valence electrons. The van der Waals surface area contributed by atoms with Crippen LogP contribution >= 0.6 is 0 Å². The number of hydrogen-bond acceptors (Lipinski definition) is 3. The van der Waals surface area contributed by atoms with E-state index >= 15 is 0 Å². The van der Waals surface area contributed by atoms with Gasteiger partial charge < -0.3 is 10.5 Å². The van der Waals surface area contributed by atoms with Crippen LogP contribution in [-0.2, 0) is 9.53 Å². The maximum Gasteiger partial charge on any atom is 0.322 e. The number of carbonyl (C=O) groups is 1. The monoisotopic (exact) mass is 201 g/mol. The number of hydrogen-bond donors (Lipinski definition) is 1. The van der Waals surface area contributed by atoms with Crippen LogP contribution in [0, 0.1) is 0 Å². The van der Waals surface area contributed by atoms with Crippen LogP contribution in [0.2, 0.25) is 0 Å². The maximum absolute atomic E-state index is 10.9. The fourth-order valence-corrected chi connectivity index (χ4v) is 1.41. The summed E-state index contributed by atoms with van der Waals surface area (Å²) in [5.41, 5.74) is 5.59.